The molecule has 5 rings (SSSR count). The minimum atomic E-state index is -2.17. The smallest absolute Gasteiger partial charge is 0.429 e. The fraction of sp³-hybridized carbons (Fsp3) is 0.692. The van der Waals surface area contributed by atoms with Crippen LogP contribution in [0.15, 0.2) is 24.3 Å². The molecule has 1 aromatic carbocycles. The second kappa shape index (κ2) is 10.6. The summed E-state index contributed by atoms with van der Waals surface area (Å²) >= 11 is -2.17. The van der Waals surface area contributed by atoms with Gasteiger partial charge < -0.3 is 20.3 Å². The third-order valence-electron chi connectivity index (χ3n) is 9.22. The average Bonchev–Trinajstić information content (AvgIpc) is 3.28. The number of nitrogens with zero attached hydrogens (tertiary/aromatic N) is 1. The fourth-order valence-corrected chi connectivity index (χ4v) is 10.0. The Morgan fingerprint density at radius 1 is 1.11 bits per heavy atom. The fourth-order valence-electron chi connectivity index (χ4n) is 6.69. The Labute approximate surface area is 219 Å². The van der Waals surface area contributed by atoms with E-state index < -0.39 is 29.6 Å². The van der Waals surface area contributed by atoms with Crippen LogP contribution < -0.4 is 8.90 Å². The van der Waals surface area contributed by atoms with Gasteiger partial charge in [0.1, 0.15) is 0 Å². The maximum absolute atomic E-state index is 13.1. The van der Waals surface area contributed by atoms with E-state index in [-0.39, 0.29) is 43.4 Å². The first-order valence-corrected chi connectivity index (χ1v) is 22.8. The number of aliphatic hydroxyl groups is 2. The predicted molar refractivity (Wildman–Crippen MR) is 142 cm³/mol. The van der Waals surface area contributed by atoms with E-state index in [0.717, 1.165) is 19.3 Å². The van der Waals surface area contributed by atoms with Crippen molar-refractivity contribution in [3.8, 4) is 0 Å². The monoisotopic (exact) mass is 609 g/mol. The second-order valence-corrected chi connectivity index (χ2v) is 26.9. The van der Waals surface area contributed by atoms with Crippen molar-refractivity contribution in [3.05, 3.63) is 29.8 Å². The third-order valence-corrected chi connectivity index (χ3v) is 15.1. The van der Waals surface area contributed by atoms with Gasteiger partial charge in [0, 0.05) is 0 Å². The summed E-state index contributed by atoms with van der Waals surface area (Å²) in [5, 5.41) is 39.6. The van der Waals surface area contributed by atoms with Crippen LogP contribution >= 0.6 is 0 Å². The molecular formula is C26H42BN2O6Sn. The van der Waals surface area contributed by atoms with E-state index in [2.05, 4.69) is 20.1 Å². The molecule has 2 amide bonds. The van der Waals surface area contributed by atoms with Crippen LogP contribution in [0.4, 0.5) is 0 Å². The summed E-state index contributed by atoms with van der Waals surface area (Å²) in [4.78, 5) is 34.6. The van der Waals surface area contributed by atoms with Crippen molar-refractivity contribution < 1.29 is 29.9 Å². The number of fused-ring (bicyclic) bond motifs is 2. The number of amides is 2. The number of rotatable bonds is 5. The van der Waals surface area contributed by atoms with Gasteiger partial charge in [-0.05, 0) is 24.7 Å². The molecule has 199 valence electrons. The van der Waals surface area contributed by atoms with Gasteiger partial charge in [0.2, 0.25) is 0 Å². The van der Waals surface area contributed by atoms with Crippen LogP contribution in [0.1, 0.15) is 56.8 Å². The van der Waals surface area contributed by atoms with E-state index in [4.69, 9.17) is 10.0 Å². The third kappa shape index (κ3) is 5.10. The van der Waals surface area contributed by atoms with E-state index in [1.807, 2.05) is 43.0 Å². The van der Waals surface area contributed by atoms with Gasteiger partial charge in [0.05, 0.1) is 5.60 Å². The van der Waals surface area contributed by atoms with Crippen LogP contribution in [0, 0.1) is 17.3 Å². The minimum absolute atomic E-state index is 0. The summed E-state index contributed by atoms with van der Waals surface area (Å²) in [6.45, 7) is 6.41. The molecule has 0 aromatic heterocycles. The zero-order valence-corrected chi connectivity index (χ0v) is 25.3. The summed E-state index contributed by atoms with van der Waals surface area (Å²) in [6.07, 6.45) is 3.14. The van der Waals surface area contributed by atoms with Crippen LogP contribution in [-0.4, -0.2) is 93.4 Å². The molecule has 4 aliphatic rings. The first-order chi connectivity index (χ1) is 16.6. The zero-order valence-electron chi connectivity index (χ0n) is 22.4. The first-order valence-electron chi connectivity index (χ1n) is 12.8. The van der Waals surface area contributed by atoms with Gasteiger partial charge in [0.25, 0.3) is 0 Å². The van der Waals surface area contributed by atoms with E-state index >= 15 is 0 Å². The van der Waals surface area contributed by atoms with Gasteiger partial charge in [-0.3, -0.25) is 0 Å². The Balaban J connectivity index is 0.00000115. The van der Waals surface area contributed by atoms with Crippen molar-refractivity contribution in [2.45, 2.75) is 78.5 Å². The Morgan fingerprint density at radius 2 is 1.69 bits per heavy atom. The van der Waals surface area contributed by atoms with Crippen molar-refractivity contribution in [1.82, 2.24) is 10.2 Å². The van der Waals surface area contributed by atoms with E-state index in [1.54, 1.807) is 6.92 Å². The van der Waals surface area contributed by atoms with Crippen molar-refractivity contribution in [1.29, 1.82) is 0 Å². The molecule has 1 radical (unpaired) electrons. The Kier molecular flexibility index (Phi) is 8.63. The summed E-state index contributed by atoms with van der Waals surface area (Å²) in [5.41, 5.74) is -2.12. The number of hydrogen-bond acceptors (Lipinski definition) is 6. The molecule has 5 atom stereocenters. The maximum atomic E-state index is 13.1. The van der Waals surface area contributed by atoms with E-state index in [9.17, 15) is 19.8 Å². The molecule has 1 aromatic rings. The SMILES string of the molecule is CC1(C)C2CC(C3CCCN3C(=O)CNC(=O)c3cc[c]([Sn]([CH3])([CH3])[CH3])cc3)C(C)(O)C1(O)C2.O[B]O. The Morgan fingerprint density at radius 3 is 2.22 bits per heavy atom. The Hall–Kier alpha value is -1.14. The van der Waals surface area contributed by atoms with Gasteiger partial charge in [0.15, 0.2) is 0 Å². The number of benzene rings is 1. The molecule has 36 heavy (non-hydrogen) atoms. The molecule has 0 spiro atoms. The van der Waals surface area contributed by atoms with E-state index in [0.29, 0.717) is 24.4 Å². The number of carbonyl (C=O) groups is 2. The second-order valence-electron chi connectivity index (χ2n) is 12.4. The summed E-state index contributed by atoms with van der Waals surface area (Å²) in [6, 6.07) is 7.69. The van der Waals surface area contributed by atoms with Crippen molar-refractivity contribution in [2.24, 2.45) is 17.3 Å². The summed E-state index contributed by atoms with van der Waals surface area (Å²) in [7, 11) is 0. The van der Waals surface area contributed by atoms with Gasteiger partial charge in [-0.1, -0.05) is 13.8 Å². The molecule has 10 heteroatoms. The van der Waals surface area contributed by atoms with Gasteiger partial charge in [-0.25, -0.2) is 0 Å². The first kappa shape index (κ1) is 29.4. The molecule has 3 aliphatic carbocycles. The molecule has 1 saturated heterocycles. The topological polar surface area (TPSA) is 130 Å². The van der Waals surface area contributed by atoms with Gasteiger partial charge in [-0.2, -0.15) is 0 Å². The number of hydrogen-bond donors (Lipinski definition) is 5. The standard InChI is InChI=1S/C23H31N2O4.3CH3.BH2O2.Sn/c1-21(2)16-12-17(22(3,28)23(21,29)13-16)18-10-7-11-25(18)19(26)14-24-20(27)15-8-5-4-6-9-15;;;;2-1-3;/h5-6,8-9,16-18,28-29H,7,10-14H2,1-3H3,(H,24,27);3*1H3;2-3H;. The normalized spacial score (nSPS) is 32.6. The summed E-state index contributed by atoms with van der Waals surface area (Å²) < 4.78 is 1.36. The molecule has 3 saturated carbocycles. The number of carbonyl (C=O) groups excluding carboxylic acids is 2. The van der Waals surface area contributed by atoms with Crippen molar-refractivity contribution in [2.75, 3.05) is 13.1 Å². The van der Waals surface area contributed by atoms with Gasteiger partial charge in [-0.15, -0.1) is 0 Å². The van der Waals surface area contributed by atoms with Crippen LogP contribution in [0.5, 0.6) is 0 Å². The predicted octanol–water partition coefficient (Wildman–Crippen LogP) is 1.01. The Bertz CT molecular complexity index is 964. The zero-order chi connectivity index (χ0) is 27.1. The van der Waals surface area contributed by atoms with Crippen LogP contribution in [0.25, 0.3) is 0 Å². The molecule has 8 nitrogen and oxygen atoms in total. The quantitative estimate of drug-likeness (QED) is 0.318. The van der Waals surface area contributed by atoms with Crippen LogP contribution in [0.3, 0.4) is 0 Å². The van der Waals surface area contributed by atoms with E-state index in [1.165, 1.54) is 3.58 Å². The van der Waals surface area contributed by atoms with Crippen molar-refractivity contribution in [3.63, 3.8) is 0 Å². The molecular weight excluding hydrogens is 566 g/mol. The average molecular weight is 608 g/mol. The summed E-state index contributed by atoms with van der Waals surface area (Å²) in [5.74, 6) is -0.162. The number of likely N-dealkylation sites (tertiary alicyclic amines) is 1. The van der Waals surface area contributed by atoms with Gasteiger partial charge >= 0.3 is 156 Å². The molecule has 1 heterocycles. The minimum Gasteiger partial charge on any atom is -0.429 e. The number of nitrogens with one attached hydrogen (secondary N) is 1. The molecule has 4 fully saturated rings. The molecule has 5 unspecified atom stereocenters. The molecule has 1 aliphatic heterocycles. The molecule has 5 N–H and O–H groups in total. The van der Waals surface area contributed by atoms with Crippen LogP contribution in [-0.2, 0) is 4.79 Å². The van der Waals surface area contributed by atoms with Crippen LogP contribution in [0.2, 0.25) is 14.8 Å². The molecule has 2 bridgehead atoms. The van der Waals surface area contributed by atoms with Crippen molar-refractivity contribution >= 4 is 41.5 Å².